The number of hydrogen-bond donors (Lipinski definition) is 2. The molecule has 3 fully saturated rings. The van der Waals surface area contributed by atoms with Gasteiger partial charge in [0.25, 0.3) is 0 Å². The zero-order valence-electron chi connectivity index (χ0n) is 9.22. The maximum absolute atomic E-state index is 11.9. The molecule has 2 N–H and O–H groups in total. The molecule has 0 aromatic rings. The van der Waals surface area contributed by atoms with Gasteiger partial charge in [0.2, 0.25) is 5.91 Å². The van der Waals surface area contributed by atoms with Crippen molar-refractivity contribution >= 4 is 5.91 Å². The Morgan fingerprint density at radius 3 is 2.67 bits per heavy atom. The monoisotopic (exact) mass is 208 g/mol. The quantitative estimate of drug-likeness (QED) is 0.723. The first kappa shape index (κ1) is 9.64. The fraction of sp³-hybridized carbons (Fsp3) is 0.917. The van der Waals surface area contributed by atoms with Gasteiger partial charge in [-0.05, 0) is 24.7 Å². The summed E-state index contributed by atoms with van der Waals surface area (Å²) in [5, 5.41) is 6.35. The lowest BCUT2D eigenvalue weighted by Crippen LogP contribution is -2.48. The Morgan fingerprint density at radius 1 is 1.33 bits per heavy atom. The Balaban J connectivity index is 1.45. The molecule has 15 heavy (non-hydrogen) atoms. The lowest BCUT2D eigenvalue weighted by Gasteiger charge is -2.27. The SMILES string of the molecule is O=C(NCC1CNC1)C1CC12CCCC2. The molecule has 2 aliphatic carbocycles. The highest BCUT2D eigenvalue weighted by Gasteiger charge is 2.58. The Labute approximate surface area is 91.0 Å². The van der Waals surface area contributed by atoms with Crippen LogP contribution in [0.3, 0.4) is 0 Å². The van der Waals surface area contributed by atoms with Gasteiger partial charge in [0.1, 0.15) is 0 Å². The van der Waals surface area contributed by atoms with Gasteiger partial charge in [-0.15, -0.1) is 0 Å². The van der Waals surface area contributed by atoms with Crippen molar-refractivity contribution in [3.8, 4) is 0 Å². The molecule has 1 heterocycles. The smallest absolute Gasteiger partial charge is 0.223 e. The number of carbonyl (C=O) groups excluding carboxylic acids is 1. The Kier molecular flexibility index (Phi) is 2.23. The predicted molar refractivity (Wildman–Crippen MR) is 58.4 cm³/mol. The van der Waals surface area contributed by atoms with Gasteiger partial charge in [0.15, 0.2) is 0 Å². The predicted octanol–water partition coefficient (Wildman–Crippen LogP) is 0.902. The first-order valence-corrected chi connectivity index (χ1v) is 6.29. The van der Waals surface area contributed by atoms with Crippen molar-refractivity contribution < 1.29 is 4.79 Å². The average Bonchev–Trinajstić information content (AvgIpc) is 2.62. The van der Waals surface area contributed by atoms with E-state index in [0.717, 1.165) is 19.6 Å². The van der Waals surface area contributed by atoms with Crippen LogP contribution in [0, 0.1) is 17.3 Å². The topological polar surface area (TPSA) is 41.1 Å². The van der Waals surface area contributed by atoms with E-state index in [1.54, 1.807) is 0 Å². The summed E-state index contributed by atoms with van der Waals surface area (Å²) in [7, 11) is 0. The second-order valence-corrected chi connectivity index (χ2v) is 5.60. The van der Waals surface area contributed by atoms with E-state index in [2.05, 4.69) is 10.6 Å². The van der Waals surface area contributed by atoms with Gasteiger partial charge in [-0.2, -0.15) is 0 Å². The summed E-state index contributed by atoms with van der Waals surface area (Å²) in [6, 6.07) is 0. The van der Waals surface area contributed by atoms with Crippen LogP contribution in [0.2, 0.25) is 0 Å². The van der Waals surface area contributed by atoms with Crippen molar-refractivity contribution in [2.75, 3.05) is 19.6 Å². The van der Waals surface area contributed by atoms with Crippen molar-refractivity contribution in [3.05, 3.63) is 0 Å². The summed E-state index contributed by atoms with van der Waals surface area (Å²) in [6.45, 7) is 3.05. The zero-order chi connectivity index (χ0) is 10.3. The van der Waals surface area contributed by atoms with E-state index in [0.29, 0.717) is 23.2 Å². The van der Waals surface area contributed by atoms with Crippen LogP contribution in [0.1, 0.15) is 32.1 Å². The minimum absolute atomic E-state index is 0.337. The largest absolute Gasteiger partial charge is 0.355 e. The van der Waals surface area contributed by atoms with Crippen molar-refractivity contribution in [1.29, 1.82) is 0 Å². The molecule has 0 bridgehead atoms. The number of carbonyl (C=O) groups is 1. The molecule has 3 rings (SSSR count). The van der Waals surface area contributed by atoms with Crippen LogP contribution < -0.4 is 10.6 Å². The average molecular weight is 208 g/mol. The minimum atomic E-state index is 0.337. The lowest BCUT2D eigenvalue weighted by molar-refractivity contribution is -0.123. The van der Waals surface area contributed by atoms with Gasteiger partial charge < -0.3 is 10.6 Å². The zero-order valence-corrected chi connectivity index (χ0v) is 9.22. The minimum Gasteiger partial charge on any atom is -0.355 e. The van der Waals surface area contributed by atoms with E-state index in [4.69, 9.17) is 0 Å². The summed E-state index contributed by atoms with van der Waals surface area (Å²) in [5.41, 5.74) is 0.460. The summed E-state index contributed by atoms with van der Waals surface area (Å²) in [6.07, 6.45) is 6.46. The Bertz CT molecular complexity index is 267. The van der Waals surface area contributed by atoms with E-state index in [1.165, 1.54) is 32.1 Å². The van der Waals surface area contributed by atoms with E-state index in [9.17, 15) is 4.79 Å². The van der Waals surface area contributed by atoms with Gasteiger partial charge in [-0.1, -0.05) is 12.8 Å². The standard InChI is InChI=1S/C12H20N2O/c15-11(14-8-9-6-13-7-9)10-5-12(10)3-1-2-4-12/h9-10,13H,1-8H2,(H,14,15). The first-order chi connectivity index (χ1) is 7.30. The molecule has 1 aliphatic heterocycles. The molecule has 1 amide bonds. The van der Waals surface area contributed by atoms with Gasteiger partial charge >= 0.3 is 0 Å². The number of rotatable bonds is 3. The van der Waals surface area contributed by atoms with E-state index in [1.807, 2.05) is 0 Å². The fourth-order valence-corrected chi connectivity index (χ4v) is 3.21. The fourth-order valence-electron chi connectivity index (χ4n) is 3.21. The Hall–Kier alpha value is -0.570. The van der Waals surface area contributed by atoms with Crippen LogP contribution in [-0.2, 0) is 4.79 Å². The van der Waals surface area contributed by atoms with Gasteiger partial charge in [0.05, 0.1) is 0 Å². The molecule has 0 radical (unpaired) electrons. The maximum Gasteiger partial charge on any atom is 0.223 e. The second kappa shape index (κ2) is 3.48. The molecule has 3 nitrogen and oxygen atoms in total. The van der Waals surface area contributed by atoms with Crippen molar-refractivity contribution in [2.24, 2.45) is 17.3 Å². The summed E-state index contributed by atoms with van der Waals surface area (Å²) >= 11 is 0. The summed E-state index contributed by atoms with van der Waals surface area (Å²) in [5.74, 6) is 1.39. The molecule has 84 valence electrons. The molecule has 0 aromatic carbocycles. The van der Waals surface area contributed by atoms with E-state index >= 15 is 0 Å². The molecule has 1 saturated heterocycles. The number of hydrogen-bond acceptors (Lipinski definition) is 2. The molecule has 0 aromatic heterocycles. The molecule has 3 aliphatic rings. The van der Waals surface area contributed by atoms with E-state index < -0.39 is 0 Å². The van der Waals surface area contributed by atoms with Crippen molar-refractivity contribution in [3.63, 3.8) is 0 Å². The van der Waals surface area contributed by atoms with Crippen molar-refractivity contribution in [1.82, 2.24) is 10.6 Å². The van der Waals surface area contributed by atoms with Gasteiger partial charge in [-0.25, -0.2) is 0 Å². The highest BCUT2D eigenvalue weighted by molar-refractivity contribution is 5.82. The van der Waals surface area contributed by atoms with Crippen molar-refractivity contribution in [2.45, 2.75) is 32.1 Å². The van der Waals surface area contributed by atoms with Crippen LogP contribution in [0.25, 0.3) is 0 Å². The van der Waals surface area contributed by atoms with Gasteiger partial charge in [-0.3, -0.25) is 4.79 Å². The van der Waals surface area contributed by atoms with Crippen LogP contribution >= 0.6 is 0 Å². The third kappa shape index (κ3) is 1.67. The molecule has 1 spiro atoms. The van der Waals surface area contributed by atoms with Crippen LogP contribution in [-0.4, -0.2) is 25.5 Å². The maximum atomic E-state index is 11.9. The molecule has 1 unspecified atom stereocenters. The molecular formula is C12H20N2O. The number of nitrogens with one attached hydrogen (secondary N) is 2. The summed E-state index contributed by atoms with van der Waals surface area (Å²) < 4.78 is 0. The highest BCUT2D eigenvalue weighted by atomic mass is 16.2. The highest BCUT2D eigenvalue weighted by Crippen LogP contribution is 2.62. The molecule has 2 saturated carbocycles. The number of amides is 1. The normalized spacial score (nSPS) is 32.7. The first-order valence-electron chi connectivity index (χ1n) is 6.29. The molecule has 1 atom stereocenters. The Morgan fingerprint density at radius 2 is 2.07 bits per heavy atom. The van der Waals surface area contributed by atoms with Gasteiger partial charge in [0, 0.05) is 31.5 Å². The second-order valence-electron chi connectivity index (χ2n) is 5.60. The van der Waals surface area contributed by atoms with Crippen LogP contribution in [0.15, 0.2) is 0 Å². The van der Waals surface area contributed by atoms with Crippen LogP contribution in [0.4, 0.5) is 0 Å². The third-order valence-corrected chi connectivity index (χ3v) is 4.54. The van der Waals surface area contributed by atoms with E-state index in [-0.39, 0.29) is 0 Å². The third-order valence-electron chi connectivity index (χ3n) is 4.54. The molecule has 3 heteroatoms. The molecular weight excluding hydrogens is 188 g/mol. The lowest BCUT2D eigenvalue weighted by atomic mass is 10.0. The summed E-state index contributed by atoms with van der Waals surface area (Å²) in [4.78, 5) is 11.9. The van der Waals surface area contributed by atoms with Crippen LogP contribution in [0.5, 0.6) is 0 Å².